The zero-order chi connectivity index (χ0) is 22.1. The summed E-state index contributed by atoms with van der Waals surface area (Å²) in [5.41, 5.74) is 5.25. The molecule has 0 aromatic heterocycles. The van der Waals surface area contributed by atoms with E-state index in [1.807, 2.05) is 18.2 Å². The van der Waals surface area contributed by atoms with Crippen LogP contribution in [0.3, 0.4) is 0 Å². The Morgan fingerprint density at radius 1 is 0.677 bits per heavy atom. The van der Waals surface area contributed by atoms with Crippen molar-refractivity contribution in [1.82, 2.24) is 0 Å². The van der Waals surface area contributed by atoms with Gasteiger partial charge in [-0.15, -0.1) is 0 Å². The topological polar surface area (TPSA) is 23.8 Å². The maximum absolute atomic E-state index is 9.88. The van der Waals surface area contributed by atoms with Gasteiger partial charge in [0.15, 0.2) is 0 Å². The van der Waals surface area contributed by atoms with Gasteiger partial charge < -0.3 is 0 Å². The van der Waals surface area contributed by atoms with Gasteiger partial charge in [-0.25, -0.2) is 0 Å². The Balaban J connectivity index is 2.01. The molecule has 1 aromatic carbocycles. The molecule has 162 valence electrons. The average molecular weight is 518 g/mol. The molecule has 0 saturated carbocycles. The zero-order valence-corrected chi connectivity index (χ0v) is 22.4. The first-order chi connectivity index (χ1) is 15.2. The Morgan fingerprint density at radius 2 is 1.26 bits per heavy atom. The van der Waals surface area contributed by atoms with Crippen LogP contribution in [0.5, 0.6) is 0 Å². The van der Waals surface area contributed by atoms with Gasteiger partial charge in [-0.05, 0) is 0 Å². The van der Waals surface area contributed by atoms with Crippen LogP contribution in [0.2, 0.25) is 13.3 Å². The summed E-state index contributed by atoms with van der Waals surface area (Å²) in [6.45, 7) is 7.01. The van der Waals surface area contributed by atoms with Crippen molar-refractivity contribution in [2.75, 3.05) is 0 Å². The van der Waals surface area contributed by atoms with Crippen molar-refractivity contribution in [3.05, 3.63) is 66.2 Å². The fourth-order valence-electron chi connectivity index (χ4n) is 4.99. The second-order valence-electron chi connectivity index (χ2n) is 8.99. The molecule has 1 aromatic rings. The SMILES string of the molecule is CCC[CH2][Sn]([CH2]CCC)([CH2]CCC)[c]1ccc(-c2cc3cccccc-3c2C#N)cc1. The number of hydrogen-bond acceptors (Lipinski definition) is 1. The number of hydrogen-bond donors (Lipinski definition) is 0. The first-order valence-corrected chi connectivity index (χ1v) is 19.7. The van der Waals surface area contributed by atoms with Crippen molar-refractivity contribution < 1.29 is 0 Å². The van der Waals surface area contributed by atoms with Crippen molar-refractivity contribution in [2.45, 2.75) is 72.6 Å². The van der Waals surface area contributed by atoms with E-state index < -0.39 is 18.4 Å². The van der Waals surface area contributed by atoms with Gasteiger partial charge in [-0.2, -0.15) is 0 Å². The summed E-state index contributed by atoms with van der Waals surface area (Å²) in [7, 11) is 0. The van der Waals surface area contributed by atoms with E-state index in [4.69, 9.17) is 0 Å². The molecule has 0 heterocycles. The van der Waals surface area contributed by atoms with Crippen molar-refractivity contribution in [1.29, 1.82) is 5.26 Å². The number of benzene rings is 1. The second-order valence-corrected chi connectivity index (χ2v) is 22.2. The normalized spacial score (nSPS) is 11.5. The molecular formula is C29H37NSn. The maximum atomic E-state index is 9.88. The standard InChI is InChI=1S/C17H10N.3C4H9.Sn/c18-12-17-15-10-6-2-5-9-14(15)11-16(17)13-7-3-1-4-8-13;3*1-3-4-2;/h2-11H;3*1,3-4H2,2H3;. The summed E-state index contributed by atoms with van der Waals surface area (Å²) in [6.07, 6.45) is 8.06. The van der Waals surface area contributed by atoms with E-state index >= 15 is 0 Å². The monoisotopic (exact) mass is 519 g/mol. The van der Waals surface area contributed by atoms with Gasteiger partial charge in [0, 0.05) is 0 Å². The first kappa shape index (κ1) is 23.9. The quantitative estimate of drug-likeness (QED) is 0.234. The van der Waals surface area contributed by atoms with E-state index in [0.717, 1.165) is 22.3 Å². The predicted octanol–water partition coefficient (Wildman–Crippen LogP) is 8.39. The summed E-state index contributed by atoms with van der Waals surface area (Å²) in [5, 5.41) is 9.88. The van der Waals surface area contributed by atoms with Crippen LogP contribution in [-0.4, -0.2) is 18.4 Å². The molecule has 0 amide bonds. The summed E-state index contributed by atoms with van der Waals surface area (Å²) < 4.78 is 6.18. The number of rotatable bonds is 11. The summed E-state index contributed by atoms with van der Waals surface area (Å²) in [4.78, 5) is 0. The molecule has 0 atom stereocenters. The van der Waals surface area contributed by atoms with Crippen LogP contribution in [0.25, 0.3) is 22.3 Å². The Hall–Kier alpha value is -1.79. The predicted molar refractivity (Wildman–Crippen MR) is 138 cm³/mol. The molecule has 31 heavy (non-hydrogen) atoms. The van der Waals surface area contributed by atoms with E-state index in [0.29, 0.717) is 0 Å². The van der Waals surface area contributed by atoms with Crippen molar-refractivity contribution in [3.8, 4) is 28.3 Å². The van der Waals surface area contributed by atoms with Crippen LogP contribution in [0.4, 0.5) is 0 Å². The van der Waals surface area contributed by atoms with Crippen molar-refractivity contribution in [3.63, 3.8) is 0 Å². The van der Waals surface area contributed by atoms with E-state index in [-0.39, 0.29) is 0 Å². The molecular weight excluding hydrogens is 481 g/mol. The van der Waals surface area contributed by atoms with Crippen LogP contribution in [0.1, 0.15) is 64.9 Å². The van der Waals surface area contributed by atoms with E-state index in [1.165, 1.54) is 57.4 Å². The van der Waals surface area contributed by atoms with E-state index in [2.05, 4.69) is 69.3 Å². The number of fused-ring (bicyclic) bond motifs is 1. The van der Waals surface area contributed by atoms with Crippen LogP contribution >= 0.6 is 0 Å². The van der Waals surface area contributed by atoms with Gasteiger partial charge in [0.25, 0.3) is 0 Å². The van der Waals surface area contributed by atoms with Crippen LogP contribution in [0.15, 0.2) is 60.7 Å². The first-order valence-electron chi connectivity index (χ1n) is 12.2. The average Bonchev–Trinajstić information content (AvgIpc) is 2.99. The Kier molecular flexibility index (Phi) is 9.02. The molecule has 0 N–H and O–H groups in total. The van der Waals surface area contributed by atoms with Gasteiger partial charge in [0.05, 0.1) is 0 Å². The molecule has 0 aliphatic heterocycles. The minimum atomic E-state index is -2.40. The number of unbranched alkanes of at least 4 members (excludes halogenated alkanes) is 3. The van der Waals surface area contributed by atoms with Crippen LogP contribution in [-0.2, 0) is 0 Å². The van der Waals surface area contributed by atoms with E-state index in [9.17, 15) is 5.26 Å². The summed E-state index contributed by atoms with van der Waals surface area (Å²) >= 11 is -2.40. The molecule has 2 aliphatic carbocycles. The third-order valence-corrected chi connectivity index (χ3v) is 22.5. The van der Waals surface area contributed by atoms with Crippen LogP contribution in [0, 0.1) is 11.3 Å². The number of nitrogens with zero attached hydrogens (tertiary/aromatic N) is 1. The van der Waals surface area contributed by atoms with Crippen LogP contribution < -0.4 is 3.58 Å². The molecule has 2 heteroatoms. The molecule has 3 rings (SSSR count). The Bertz CT molecular complexity index is 945. The third kappa shape index (κ3) is 5.53. The summed E-state index contributed by atoms with van der Waals surface area (Å²) in [6, 6.07) is 24.4. The molecule has 0 fully saturated rings. The fraction of sp³-hybridized carbons (Fsp3) is 0.414. The molecule has 2 aliphatic rings. The molecule has 1 nitrogen and oxygen atoms in total. The third-order valence-electron chi connectivity index (χ3n) is 6.86. The Labute approximate surface area is 193 Å². The fourth-order valence-corrected chi connectivity index (χ4v) is 20.9. The van der Waals surface area contributed by atoms with Gasteiger partial charge in [0.1, 0.15) is 0 Å². The molecule has 0 unspecified atom stereocenters. The van der Waals surface area contributed by atoms with E-state index in [1.54, 1.807) is 3.58 Å². The molecule has 0 spiro atoms. The second kappa shape index (κ2) is 11.7. The van der Waals surface area contributed by atoms with Gasteiger partial charge >= 0.3 is 194 Å². The minimum absolute atomic E-state index is 0.802. The van der Waals surface area contributed by atoms with Crippen molar-refractivity contribution >= 4 is 22.0 Å². The van der Waals surface area contributed by atoms with Crippen molar-refractivity contribution in [2.24, 2.45) is 0 Å². The van der Waals surface area contributed by atoms with Gasteiger partial charge in [-0.3, -0.25) is 0 Å². The molecule has 0 bridgehead atoms. The van der Waals surface area contributed by atoms with Gasteiger partial charge in [-0.1, -0.05) is 0 Å². The zero-order valence-electron chi connectivity index (χ0n) is 19.6. The Morgan fingerprint density at radius 3 is 1.81 bits per heavy atom. The molecule has 0 radical (unpaired) electrons. The van der Waals surface area contributed by atoms with Gasteiger partial charge in [0.2, 0.25) is 0 Å². The summed E-state index contributed by atoms with van der Waals surface area (Å²) in [5.74, 6) is 0. The number of nitriles is 1. The molecule has 0 saturated heterocycles.